The number of aromatic nitrogens is 1. The third-order valence-corrected chi connectivity index (χ3v) is 3.44. The molecule has 0 amide bonds. The predicted octanol–water partition coefficient (Wildman–Crippen LogP) is 0.874. The molecule has 0 bridgehead atoms. The fraction of sp³-hybridized carbons (Fsp3) is 0.727. The summed E-state index contributed by atoms with van der Waals surface area (Å²) in [7, 11) is 1.97. The van der Waals surface area contributed by atoms with Gasteiger partial charge < -0.3 is 10.2 Å². The summed E-state index contributed by atoms with van der Waals surface area (Å²) in [6, 6.07) is 0. The van der Waals surface area contributed by atoms with E-state index in [0.29, 0.717) is 6.54 Å². The topological polar surface area (TPSA) is 56.6 Å². The molecule has 2 N–H and O–H groups in total. The van der Waals surface area contributed by atoms with E-state index in [1.807, 2.05) is 26.3 Å². The van der Waals surface area contributed by atoms with Crippen molar-refractivity contribution < 1.29 is 10.2 Å². The van der Waals surface area contributed by atoms with Gasteiger partial charge in [0, 0.05) is 23.0 Å². The number of aryl methyl sites for hydroxylation is 1. The monoisotopic (exact) mass is 244 g/mol. The Kier molecular flexibility index (Phi) is 4.86. The molecule has 0 atom stereocenters. The van der Waals surface area contributed by atoms with Gasteiger partial charge in [-0.3, -0.25) is 4.90 Å². The van der Waals surface area contributed by atoms with E-state index in [2.05, 4.69) is 9.88 Å². The first-order chi connectivity index (χ1) is 7.49. The molecule has 0 spiro atoms. The van der Waals surface area contributed by atoms with Crippen molar-refractivity contribution in [1.82, 2.24) is 9.88 Å². The van der Waals surface area contributed by atoms with Crippen LogP contribution >= 0.6 is 11.3 Å². The Morgan fingerprint density at radius 1 is 1.44 bits per heavy atom. The van der Waals surface area contributed by atoms with E-state index in [1.165, 1.54) is 0 Å². The number of nitrogens with zero attached hydrogens (tertiary/aromatic N) is 2. The van der Waals surface area contributed by atoms with Gasteiger partial charge in [0.2, 0.25) is 0 Å². The molecule has 0 fully saturated rings. The summed E-state index contributed by atoms with van der Waals surface area (Å²) in [4.78, 5) is 6.46. The van der Waals surface area contributed by atoms with E-state index in [0.717, 1.165) is 17.2 Å². The van der Waals surface area contributed by atoms with Crippen molar-refractivity contribution in [1.29, 1.82) is 0 Å². The van der Waals surface area contributed by atoms with Crippen molar-refractivity contribution >= 4 is 11.3 Å². The van der Waals surface area contributed by atoms with E-state index in [-0.39, 0.29) is 13.2 Å². The third-order valence-electron chi connectivity index (χ3n) is 2.49. The lowest BCUT2D eigenvalue weighted by Gasteiger charge is -2.29. The molecule has 0 saturated heterocycles. The largest absolute Gasteiger partial charge is 0.396 e. The number of aliphatic hydroxyl groups excluding tert-OH is 2. The van der Waals surface area contributed by atoms with Crippen molar-refractivity contribution in [2.75, 3.05) is 26.8 Å². The predicted molar refractivity (Wildman–Crippen MR) is 65.5 cm³/mol. The minimum atomic E-state index is -0.443. The molecule has 5 heteroatoms. The van der Waals surface area contributed by atoms with Gasteiger partial charge >= 0.3 is 0 Å². The van der Waals surface area contributed by atoms with Crippen LogP contribution in [0.4, 0.5) is 0 Å². The molecule has 16 heavy (non-hydrogen) atoms. The smallest absolute Gasteiger partial charge is 0.107 e. The van der Waals surface area contributed by atoms with Crippen LogP contribution in [-0.2, 0) is 6.54 Å². The van der Waals surface area contributed by atoms with Gasteiger partial charge in [-0.25, -0.2) is 4.98 Å². The number of hydrogen-bond donors (Lipinski definition) is 2. The normalized spacial score (nSPS) is 12.4. The van der Waals surface area contributed by atoms with Crippen LogP contribution in [0.15, 0.2) is 5.38 Å². The first-order valence-corrected chi connectivity index (χ1v) is 6.18. The lowest BCUT2D eigenvalue weighted by Crippen LogP contribution is -2.38. The Morgan fingerprint density at radius 2 is 2.06 bits per heavy atom. The second-order valence-corrected chi connectivity index (χ2v) is 5.62. The summed E-state index contributed by atoms with van der Waals surface area (Å²) in [5, 5.41) is 21.5. The van der Waals surface area contributed by atoms with Crippen molar-refractivity contribution in [3.8, 4) is 0 Å². The first kappa shape index (κ1) is 13.6. The molecule has 0 aliphatic heterocycles. The average Bonchev–Trinajstić information content (AvgIpc) is 2.63. The maximum absolute atomic E-state index is 9.20. The Labute approximate surface area is 101 Å². The Hall–Kier alpha value is -0.490. The molecule has 1 aromatic heterocycles. The molecule has 92 valence electrons. The van der Waals surface area contributed by atoms with Crippen LogP contribution in [-0.4, -0.2) is 46.9 Å². The van der Waals surface area contributed by atoms with E-state index < -0.39 is 5.41 Å². The summed E-state index contributed by atoms with van der Waals surface area (Å²) in [6.07, 6.45) is 0. The number of rotatable bonds is 6. The summed E-state index contributed by atoms with van der Waals surface area (Å²) >= 11 is 1.64. The first-order valence-electron chi connectivity index (χ1n) is 5.30. The minimum Gasteiger partial charge on any atom is -0.396 e. The molecule has 0 aliphatic carbocycles. The average molecular weight is 244 g/mol. The fourth-order valence-electron chi connectivity index (χ4n) is 1.56. The highest BCUT2D eigenvalue weighted by Crippen LogP contribution is 2.18. The molecule has 0 aliphatic rings. The van der Waals surface area contributed by atoms with Crippen LogP contribution in [0.5, 0.6) is 0 Å². The van der Waals surface area contributed by atoms with Crippen LogP contribution < -0.4 is 0 Å². The summed E-state index contributed by atoms with van der Waals surface area (Å²) < 4.78 is 0. The van der Waals surface area contributed by atoms with Crippen LogP contribution in [0.3, 0.4) is 0 Å². The number of hydrogen-bond acceptors (Lipinski definition) is 5. The third kappa shape index (κ3) is 3.83. The Morgan fingerprint density at radius 3 is 2.50 bits per heavy atom. The highest BCUT2D eigenvalue weighted by molar-refractivity contribution is 7.09. The molecular formula is C11H20N2O2S. The molecule has 1 rings (SSSR count). The zero-order chi connectivity index (χ0) is 12.2. The van der Waals surface area contributed by atoms with Crippen molar-refractivity contribution in [3.63, 3.8) is 0 Å². The lowest BCUT2D eigenvalue weighted by molar-refractivity contribution is 0.0402. The van der Waals surface area contributed by atoms with E-state index in [4.69, 9.17) is 0 Å². The van der Waals surface area contributed by atoms with Gasteiger partial charge in [-0.2, -0.15) is 0 Å². The highest BCUT2D eigenvalue weighted by atomic mass is 32.1. The van der Waals surface area contributed by atoms with Crippen LogP contribution in [0.25, 0.3) is 0 Å². The summed E-state index contributed by atoms with van der Waals surface area (Å²) in [5.74, 6) is 0. The van der Waals surface area contributed by atoms with Gasteiger partial charge in [-0.05, 0) is 14.0 Å². The Balaban J connectivity index is 2.50. The summed E-state index contributed by atoms with van der Waals surface area (Å²) in [5.41, 5.74) is 0.599. The maximum atomic E-state index is 9.20. The van der Waals surface area contributed by atoms with E-state index >= 15 is 0 Å². The van der Waals surface area contributed by atoms with Gasteiger partial charge in [0.05, 0.1) is 19.8 Å². The molecule has 0 aromatic carbocycles. The highest BCUT2D eigenvalue weighted by Gasteiger charge is 2.24. The van der Waals surface area contributed by atoms with Gasteiger partial charge in [0.1, 0.15) is 5.01 Å². The quantitative estimate of drug-likeness (QED) is 0.780. The molecule has 0 radical (unpaired) electrons. The van der Waals surface area contributed by atoms with Gasteiger partial charge in [0.15, 0.2) is 0 Å². The van der Waals surface area contributed by atoms with Crippen LogP contribution in [0, 0.1) is 12.3 Å². The van der Waals surface area contributed by atoms with Crippen molar-refractivity contribution in [3.05, 3.63) is 16.1 Å². The van der Waals surface area contributed by atoms with Crippen LogP contribution in [0.2, 0.25) is 0 Å². The zero-order valence-corrected chi connectivity index (χ0v) is 10.9. The van der Waals surface area contributed by atoms with Gasteiger partial charge in [-0.1, -0.05) is 6.92 Å². The maximum Gasteiger partial charge on any atom is 0.107 e. The van der Waals surface area contributed by atoms with Gasteiger partial charge in [0.25, 0.3) is 0 Å². The second-order valence-electron chi connectivity index (χ2n) is 4.68. The molecule has 1 heterocycles. The molecule has 0 saturated carbocycles. The molecule has 0 unspecified atom stereocenters. The molecule has 4 nitrogen and oxygen atoms in total. The van der Waals surface area contributed by atoms with Crippen molar-refractivity contribution in [2.24, 2.45) is 5.41 Å². The minimum absolute atomic E-state index is 0.00919. The lowest BCUT2D eigenvalue weighted by atomic mass is 9.92. The zero-order valence-electron chi connectivity index (χ0n) is 10.1. The second kappa shape index (κ2) is 5.72. The fourth-order valence-corrected chi connectivity index (χ4v) is 2.41. The van der Waals surface area contributed by atoms with Crippen molar-refractivity contribution in [2.45, 2.75) is 20.4 Å². The Bertz CT molecular complexity index is 324. The van der Waals surface area contributed by atoms with E-state index in [1.54, 1.807) is 11.3 Å². The van der Waals surface area contributed by atoms with Crippen LogP contribution in [0.1, 0.15) is 17.6 Å². The number of aliphatic hydroxyl groups is 2. The summed E-state index contributed by atoms with van der Waals surface area (Å²) in [6.45, 7) is 5.24. The number of thiazole rings is 1. The van der Waals surface area contributed by atoms with E-state index in [9.17, 15) is 10.2 Å². The standard InChI is InChI=1S/C11H20N2O2S/c1-9-5-16-10(12-9)4-13(3)6-11(2,7-14)8-15/h5,14-15H,4,6-8H2,1-3H3. The SMILES string of the molecule is Cc1csc(CN(C)CC(C)(CO)CO)n1. The van der Waals surface area contributed by atoms with Gasteiger partial charge in [-0.15, -0.1) is 11.3 Å². The molecular weight excluding hydrogens is 224 g/mol. The molecule has 1 aromatic rings.